The largest absolute Gasteiger partial charge is 0.467 e. The first kappa shape index (κ1) is 10.5. The zero-order valence-electron chi connectivity index (χ0n) is 7.12. The molecule has 0 aromatic rings. The SMILES string of the molecule is FC(F)(F)SOC1CO[C@@H]2CCO[C@H]12. The standard InChI is InChI=1S/C7H9F3O3S/c8-7(9,10)14-13-5-3-12-4-1-2-11-6(4)5/h4-6H,1-3H2/t4-,5?,6+/m1/s1. The molecule has 0 aromatic heterocycles. The molecule has 0 bridgehead atoms. The lowest BCUT2D eigenvalue weighted by atomic mass is 10.1. The molecule has 2 aliphatic rings. The topological polar surface area (TPSA) is 27.7 Å². The summed E-state index contributed by atoms with van der Waals surface area (Å²) in [6.45, 7) is 0.713. The van der Waals surface area contributed by atoms with Crippen molar-refractivity contribution in [2.45, 2.75) is 30.2 Å². The molecule has 2 heterocycles. The van der Waals surface area contributed by atoms with Gasteiger partial charge in [-0.15, -0.1) is 0 Å². The maximum Gasteiger partial charge on any atom is 0.467 e. The Kier molecular flexibility index (Phi) is 2.92. The molecule has 2 aliphatic heterocycles. The van der Waals surface area contributed by atoms with Crippen molar-refractivity contribution in [2.24, 2.45) is 0 Å². The lowest BCUT2D eigenvalue weighted by molar-refractivity contribution is -0.0457. The van der Waals surface area contributed by atoms with Gasteiger partial charge in [0.15, 0.2) is 0 Å². The molecule has 2 rings (SSSR count). The average Bonchev–Trinajstić information content (AvgIpc) is 2.59. The molecule has 82 valence electrons. The maximum absolute atomic E-state index is 11.8. The first-order chi connectivity index (χ1) is 6.56. The van der Waals surface area contributed by atoms with Gasteiger partial charge in [0.05, 0.1) is 12.7 Å². The molecule has 0 aromatic carbocycles. The van der Waals surface area contributed by atoms with Crippen molar-refractivity contribution < 1.29 is 26.8 Å². The maximum atomic E-state index is 11.8. The first-order valence-corrected chi connectivity index (χ1v) is 4.95. The Morgan fingerprint density at radius 1 is 1.29 bits per heavy atom. The Bertz CT molecular complexity index is 211. The van der Waals surface area contributed by atoms with E-state index in [1.807, 2.05) is 0 Å². The number of alkyl halides is 3. The van der Waals surface area contributed by atoms with Gasteiger partial charge in [-0.3, -0.25) is 4.18 Å². The van der Waals surface area contributed by atoms with Gasteiger partial charge in [-0.1, -0.05) is 0 Å². The quantitative estimate of drug-likeness (QED) is 0.675. The molecule has 0 N–H and O–H groups in total. The summed E-state index contributed by atoms with van der Waals surface area (Å²) in [5, 5.41) is 0. The second-order valence-corrected chi connectivity index (χ2v) is 3.98. The van der Waals surface area contributed by atoms with Crippen molar-refractivity contribution >= 4 is 12.0 Å². The lowest BCUT2D eigenvalue weighted by Crippen LogP contribution is -2.29. The number of hydrogen-bond donors (Lipinski definition) is 0. The number of ether oxygens (including phenoxy) is 2. The van der Waals surface area contributed by atoms with E-state index in [0.717, 1.165) is 6.42 Å². The number of fused-ring (bicyclic) bond motifs is 1. The Morgan fingerprint density at radius 2 is 2.07 bits per heavy atom. The summed E-state index contributed by atoms with van der Waals surface area (Å²) in [5.74, 6) is 0. The van der Waals surface area contributed by atoms with Crippen LogP contribution in [0.4, 0.5) is 13.2 Å². The van der Waals surface area contributed by atoms with E-state index in [4.69, 9.17) is 9.47 Å². The highest BCUT2D eigenvalue weighted by Gasteiger charge is 2.44. The van der Waals surface area contributed by atoms with Crippen molar-refractivity contribution in [1.82, 2.24) is 0 Å². The fourth-order valence-corrected chi connectivity index (χ4v) is 2.03. The van der Waals surface area contributed by atoms with E-state index in [9.17, 15) is 13.2 Å². The van der Waals surface area contributed by atoms with Gasteiger partial charge in [0.2, 0.25) is 0 Å². The van der Waals surface area contributed by atoms with Crippen molar-refractivity contribution in [3.8, 4) is 0 Å². The zero-order chi connectivity index (χ0) is 10.2. The molecule has 7 heteroatoms. The molecule has 0 saturated carbocycles. The van der Waals surface area contributed by atoms with E-state index in [0.29, 0.717) is 6.61 Å². The van der Waals surface area contributed by atoms with Gasteiger partial charge in [0.25, 0.3) is 0 Å². The van der Waals surface area contributed by atoms with Crippen LogP contribution in [0.1, 0.15) is 6.42 Å². The van der Waals surface area contributed by atoms with Crippen LogP contribution in [0.3, 0.4) is 0 Å². The lowest BCUT2D eigenvalue weighted by Gasteiger charge is -2.15. The third-order valence-corrected chi connectivity index (χ3v) is 2.72. The van der Waals surface area contributed by atoms with Crippen molar-refractivity contribution in [1.29, 1.82) is 0 Å². The summed E-state index contributed by atoms with van der Waals surface area (Å²) in [4.78, 5) is 0. The van der Waals surface area contributed by atoms with Crippen molar-refractivity contribution in [2.75, 3.05) is 13.2 Å². The second kappa shape index (κ2) is 3.88. The summed E-state index contributed by atoms with van der Waals surface area (Å²) < 4.78 is 50.5. The van der Waals surface area contributed by atoms with Gasteiger partial charge in [-0.05, 0) is 6.42 Å². The van der Waals surface area contributed by atoms with E-state index in [1.165, 1.54) is 0 Å². The van der Waals surface area contributed by atoms with Gasteiger partial charge in [0, 0.05) is 6.61 Å². The molecule has 14 heavy (non-hydrogen) atoms. The van der Waals surface area contributed by atoms with Gasteiger partial charge >= 0.3 is 5.51 Å². The van der Waals surface area contributed by atoms with Gasteiger partial charge in [-0.25, -0.2) is 0 Å². The smallest absolute Gasteiger partial charge is 0.373 e. The van der Waals surface area contributed by atoms with Gasteiger partial charge < -0.3 is 9.47 Å². The van der Waals surface area contributed by atoms with Crippen LogP contribution in [-0.4, -0.2) is 37.0 Å². The third-order valence-electron chi connectivity index (χ3n) is 2.19. The highest BCUT2D eigenvalue weighted by molar-refractivity contribution is 7.95. The molecule has 1 unspecified atom stereocenters. The Morgan fingerprint density at radius 3 is 2.79 bits per heavy atom. The predicted molar refractivity (Wildman–Crippen MR) is 42.6 cm³/mol. The number of halogens is 3. The van der Waals surface area contributed by atoms with Crippen LogP contribution in [0, 0.1) is 0 Å². The minimum atomic E-state index is -4.36. The Labute approximate surface area is 83.1 Å². The Hall–Kier alpha value is 0.0200. The summed E-state index contributed by atoms with van der Waals surface area (Å²) in [5.41, 5.74) is -4.36. The van der Waals surface area contributed by atoms with E-state index in [2.05, 4.69) is 4.18 Å². The first-order valence-electron chi connectivity index (χ1n) is 4.21. The highest BCUT2D eigenvalue weighted by Crippen LogP contribution is 2.36. The normalized spacial score (nSPS) is 37.5. The van der Waals surface area contributed by atoms with E-state index >= 15 is 0 Å². The molecule has 0 amide bonds. The summed E-state index contributed by atoms with van der Waals surface area (Å²) in [7, 11) is 0. The molecule has 2 fully saturated rings. The monoisotopic (exact) mass is 230 g/mol. The average molecular weight is 230 g/mol. The summed E-state index contributed by atoms with van der Waals surface area (Å²) >= 11 is -0.480. The molecule has 0 radical (unpaired) electrons. The highest BCUT2D eigenvalue weighted by atomic mass is 32.2. The van der Waals surface area contributed by atoms with Gasteiger partial charge in [0.1, 0.15) is 24.3 Å². The van der Waals surface area contributed by atoms with Crippen LogP contribution in [0.25, 0.3) is 0 Å². The zero-order valence-corrected chi connectivity index (χ0v) is 7.94. The Balaban J connectivity index is 1.81. The second-order valence-electron chi connectivity index (χ2n) is 3.16. The fraction of sp³-hybridized carbons (Fsp3) is 1.00. The molecular weight excluding hydrogens is 221 g/mol. The van der Waals surface area contributed by atoms with Crippen molar-refractivity contribution in [3.63, 3.8) is 0 Å². The van der Waals surface area contributed by atoms with Crippen molar-refractivity contribution in [3.05, 3.63) is 0 Å². The molecule has 0 aliphatic carbocycles. The summed E-state index contributed by atoms with van der Waals surface area (Å²) in [6, 6.07) is 0. The molecule has 3 atom stereocenters. The van der Waals surface area contributed by atoms with Crippen LogP contribution >= 0.6 is 12.0 Å². The minimum Gasteiger partial charge on any atom is -0.373 e. The van der Waals surface area contributed by atoms with Crippen LogP contribution in [-0.2, 0) is 13.7 Å². The number of rotatable bonds is 2. The molecular formula is C7H9F3O3S. The molecule has 2 saturated heterocycles. The summed E-state index contributed by atoms with van der Waals surface area (Å²) in [6.07, 6.45) is -0.283. The molecule has 0 spiro atoms. The van der Waals surface area contributed by atoms with Crippen LogP contribution in [0.2, 0.25) is 0 Å². The van der Waals surface area contributed by atoms with Crippen LogP contribution < -0.4 is 0 Å². The van der Waals surface area contributed by atoms with E-state index in [-0.39, 0.29) is 18.8 Å². The number of hydrogen-bond acceptors (Lipinski definition) is 4. The van der Waals surface area contributed by atoms with Crippen LogP contribution in [0.5, 0.6) is 0 Å². The van der Waals surface area contributed by atoms with E-state index in [1.54, 1.807) is 0 Å². The van der Waals surface area contributed by atoms with Gasteiger partial charge in [-0.2, -0.15) is 13.2 Å². The fourth-order valence-electron chi connectivity index (χ4n) is 1.63. The van der Waals surface area contributed by atoms with Crippen LogP contribution in [0.15, 0.2) is 0 Å². The molecule has 3 nitrogen and oxygen atoms in total. The predicted octanol–water partition coefficient (Wildman–Crippen LogP) is 1.73. The van der Waals surface area contributed by atoms with E-state index < -0.39 is 23.7 Å². The third kappa shape index (κ3) is 2.33. The minimum absolute atomic E-state index is 0.0890.